The molecule has 0 heterocycles. The molecule has 0 unspecified atom stereocenters. The standard InChI is InChI=1S/C20H32O3/c1-17-9-5-14-18(2)7-4-8-19(3,16(22)23)13(18)6-10-20(14,12-17)11-15(17)21/h13-15,21H,4-12H2,1-3H3,(H,22,23)/t13-,14-,15+,17-,18+,19+,20-/m0/s1. The van der Waals surface area contributed by atoms with Gasteiger partial charge in [0.15, 0.2) is 0 Å². The van der Waals surface area contributed by atoms with Crippen molar-refractivity contribution in [1.29, 1.82) is 0 Å². The zero-order chi connectivity index (χ0) is 16.7. The molecule has 7 atom stereocenters. The summed E-state index contributed by atoms with van der Waals surface area (Å²) < 4.78 is 0. The molecular formula is C20H32O3. The largest absolute Gasteiger partial charge is 0.481 e. The van der Waals surface area contributed by atoms with E-state index in [-0.39, 0.29) is 22.3 Å². The summed E-state index contributed by atoms with van der Waals surface area (Å²) in [6, 6.07) is 0. The van der Waals surface area contributed by atoms with Gasteiger partial charge in [0.1, 0.15) is 0 Å². The fourth-order valence-corrected chi connectivity index (χ4v) is 7.99. The van der Waals surface area contributed by atoms with Crippen molar-refractivity contribution >= 4 is 5.97 Å². The minimum atomic E-state index is -0.587. The average molecular weight is 320 g/mol. The molecule has 0 aromatic carbocycles. The second-order valence-electron chi connectivity index (χ2n) is 10.2. The van der Waals surface area contributed by atoms with Crippen molar-refractivity contribution in [2.75, 3.05) is 0 Å². The van der Waals surface area contributed by atoms with E-state index in [0.29, 0.717) is 11.8 Å². The smallest absolute Gasteiger partial charge is 0.309 e. The van der Waals surface area contributed by atoms with E-state index in [9.17, 15) is 15.0 Å². The number of aliphatic hydroxyl groups is 1. The van der Waals surface area contributed by atoms with Gasteiger partial charge in [0.05, 0.1) is 11.5 Å². The van der Waals surface area contributed by atoms with Crippen LogP contribution in [0, 0.1) is 33.5 Å². The number of fused-ring (bicyclic) bond motifs is 3. The van der Waals surface area contributed by atoms with Crippen LogP contribution in [-0.4, -0.2) is 22.3 Å². The summed E-state index contributed by atoms with van der Waals surface area (Å²) in [5.74, 6) is 0.327. The molecule has 2 bridgehead atoms. The molecule has 0 saturated heterocycles. The highest BCUT2D eigenvalue weighted by atomic mass is 16.4. The van der Waals surface area contributed by atoms with Gasteiger partial charge in [-0.3, -0.25) is 4.79 Å². The number of aliphatic carboxylic acids is 1. The number of rotatable bonds is 1. The predicted molar refractivity (Wildman–Crippen MR) is 88.9 cm³/mol. The molecule has 3 heteroatoms. The fourth-order valence-electron chi connectivity index (χ4n) is 7.99. The van der Waals surface area contributed by atoms with Crippen molar-refractivity contribution in [3.8, 4) is 0 Å². The van der Waals surface area contributed by atoms with E-state index < -0.39 is 11.4 Å². The molecule has 4 rings (SSSR count). The van der Waals surface area contributed by atoms with Gasteiger partial charge in [-0.15, -0.1) is 0 Å². The van der Waals surface area contributed by atoms with E-state index in [0.717, 1.165) is 44.9 Å². The van der Waals surface area contributed by atoms with E-state index in [1.54, 1.807) is 0 Å². The molecule has 130 valence electrons. The third-order valence-electron chi connectivity index (χ3n) is 9.10. The lowest BCUT2D eigenvalue weighted by Gasteiger charge is -2.63. The minimum absolute atomic E-state index is 0.116. The summed E-state index contributed by atoms with van der Waals surface area (Å²) in [4.78, 5) is 12.1. The molecule has 3 nitrogen and oxygen atoms in total. The van der Waals surface area contributed by atoms with Crippen LogP contribution in [0.25, 0.3) is 0 Å². The molecule has 0 aromatic heterocycles. The van der Waals surface area contributed by atoms with E-state index >= 15 is 0 Å². The number of hydrogen-bond acceptors (Lipinski definition) is 2. The van der Waals surface area contributed by atoms with Gasteiger partial charge in [-0.05, 0) is 86.4 Å². The predicted octanol–water partition coefficient (Wildman–Crippen LogP) is 4.23. The average Bonchev–Trinajstić information content (AvgIpc) is 2.63. The zero-order valence-electron chi connectivity index (χ0n) is 14.9. The van der Waals surface area contributed by atoms with Crippen LogP contribution < -0.4 is 0 Å². The Morgan fingerprint density at radius 3 is 2.39 bits per heavy atom. The first kappa shape index (κ1) is 15.9. The summed E-state index contributed by atoms with van der Waals surface area (Å²) in [7, 11) is 0. The van der Waals surface area contributed by atoms with E-state index in [4.69, 9.17) is 0 Å². The Kier molecular flexibility index (Phi) is 3.14. The maximum absolute atomic E-state index is 12.1. The maximum atomic E-state index is 12.1. The Bertz CT molecular complexity index is 545. The van der Waals surface area contributed by atoms with Crippen molar-refractivity contribution in [1.82, 2.24) is 0 Å². The highest BCUT2D eigenvalue weighted by Crippen LogP contribution is 2.73. The van der Waals surface area contributed by atoms with Crippen LogP contribution in [-0.2, 0) is 4.79 Å². The topological polar surface area (TPSA) is 57.5 Å². The highest BCUT2D eigenvalue weighted by molar-refractivity contribution is 5.75. The van der Waals surface area contributed by atoms with Gasteiger partial charge in [0, 0.05) is 0 Å². The Morgan fingerprint density at radius 2 is 1.70 bits per heavy atom. The Morgan fingerprint density at radius 1 is 1.00 bits per heavy atom. The van der Waals surface area contributed by atoms with Crippen molar-refractivity contribution < 1.29 is 15.0 Å². The maximum Gasteiger partial charge on any atom is 0.309 e. The Balaban J connectivity index is 1.74. The van der Waals surface area contributed by atoms with Gasteiger partial charge in [-0.2, -0.15) is 0 Å². The van der Waals surface area contributed by atoms with Crippen molar-refractivity contribution in [2.24, 2.45) is 33.5 Å². The number of carboxylic acid groups (broad SMARTS) is 1. The van der Waals surface area contributed by atoms with E-state index in [1.807, 2.05) is 6.92 Å². The molecule has 0 amide bonds. The summed E-state index contributed by atoms with van der Waals surface area (Å²) >= 11 is 0. The summed E-state index contributed by atoms with van der Waals surface area (Å²) in [5, 5.41) is 20.6. The van der Waals surface area contributed by atoms with E-state index in [2.05, 4.69) is 13.8 Å². The molecule has 2 N–H and O–H groups in total. The van der Waals surface area contributed by atoms with Gasteiger partial charge < -0.3 is 10.2 Å². The van der Waals surface area contributed by atoms with Gasteiger partial charge >= 0.3 is 5.97 Å². The fraction of sp³-hybridized carbons (Fsp3) is 0.950. The van der Waals surface area contributed by atoms with Crippen LogP contribution in [0.4, 0.5) is 0 Å². The van der Waals surface area contributed by atoms with Crippen LogP contribution in [0.5, 0.6) is 0 Å². The van der Waals surface area contributed by atoms with Gasteiger partial charge in [0.2, 0.25) is 0 Å². The van der Waals surface area contributed by atoms with E-state index in [1.165, 1.54) is 12.8 Å². The lowest BCUT2D eigenvalue weighted by Crippen LogP contribution is -2.58. The first-order chi connectivity index (χ1) is 10.7. The van der Waals surface area contributed by atoms with Gasteiger partial charge in [-0.1, -0.05) is 20.3 Å². The summed E-state index contributed by atoms with van der Waals surface area (Å²) in [5.41, 5.74) is 0.000491. The Hall–Kier alpha value is -0.570. The van der Waals surface area contributed by atoms with Crippen molar-refractivity contribution in [3.63, 3.8) is 0 Å². The quantitative estimate of drug-likeness (QED) is 0.760. The van der Waals surface area contributed by atoms with Crippen molar-refractivity contribution in [2.45, 2.75) is 84.7 Å². The van der Waals surface area contributed by atoms with Crippen LogP contribution in [0.1, 0.15) is 78.6 Å². The molecule has 0 radical (unpaired) electrons. The first-order valence-electron chi connectivity index (χ1n) is 9.58. The number of aliphatic hydroxyl groups excluding tert-OH is 1. The molecule has 4 aliphatic rings. The zero-order valence-corrected chi connectivity index (χ0v) is 14.9. The van der Waals surface area contributed by atoms with Crippen LogP contribution >= 0.6 is 0 Å². The van der Waals surface area contributed by atoms with Crippen LogP contribution in [0.3, 0.4) is 0 Å². The second kappa shape index (κ2) is 4.53. The second-order valence-corrected chi connectivity index (χ2v) is 10.2. The molecule has 0 aromatic rings. The molecular weight excluding hydrogens is 288 g/mol. The lowest BCUT2D eigenvalue weighted by molar-refractivity contribution is -0.182. The van der Waals surface area contributed by atoms with Gasteiger partial charge in [-0.25, -0.2) is 0 Å². The Labute approximate surface area is 139 Å². The monoisotopic (exact) mass is 320 g/mol. The number of carboxylic acids is 1. The molecule has 4 aliphatic carbocycles. The molecule has 23 heavy (non-hydrogen) atoms. The molecule has 4 fully saturated rings. The van der Waals surface area contributed by atoms with Gasteiger partial charge in [0.25, 0.3) is 0 Å². The minimum Gasteiger partial charge on any atom is -0.481 e. The SMILES string of the molecule is C[C@@]12CC[C@@H]3[C@@](CC[C@H]4[C@@]3(C)CCC[C@@]4(C)C(=O)O)(C[C@H]1O)C2. The molecule has 0 aliphatic heterocycles. The highest BCUT2D eigenvalue weighted by Gasteiger charge is 2.67. The van der Waals surface area contributed by atoms with Crippen LogP contribution in [0.15, 0.2) is 0 Å². The molecule has 1 spiro atoms. The number of carbonyl (C=O) groups is 1. The molecule has 4 saturated carbocycles. The third-order valence-corrected chi connectivity index (χ3v) is 9.10. The number of hydrogen-bond donors (Lipinski definition) is 2. The summed E-state index contributed by atoms with van der Waals surface area (Å²) in [6.07, 6.45) is 9.51. The first-order valence-corrected chi connectivity index (χ1v) is 9.58. The third kappa shape index (κ3) is 1.83. The summed E-state index contributed by atoms with van der Waals surface area (Å²) in [6.45, 7) is 6.68. The lowest BCUT2D eigenvalue weighted by atomic mass is 9.40. The van der Waals surface area contributed by atoms with Crippen LogP contribution in [0.2, 0.25) is 0 Å². The van der Waals surface area contributed by atoms with Crippen molar-refractivity contribution in [3.05, 3.63) is 0 Å². The normalized spacial score (nSPS) is 58.3.